The van der Waals surface area contributed by atoms with Crippen LogP contribution in [-0.4, -0.2) is 53.0 Å². The number of hydrogen-bond acceptors (Lipinski definition) is 4. The summed E-state index contributed by atoms with van der Waals surface area (Å²) in [5.74, 6) is 0.460. The number of benzene rings is 1. The smallest absolute Gasteiger partial charge is 0.409 e. The number of urea groups is 1. The molecule has 2 N–H and O–H groups in total. The van der Waals surface area contributed by atoms with Crippen LogP contribution in [0.3, 0.4) is 0 Å². The van der Waals surface area contributed by atoms with Crippen LogP contribution in [0.2, 0.25) is 0 Å². The Hall–Kier alpha value is -3.03. The van der Waals surface area contributed by atoms with Crippen LogP contribution in [0.4, 0.5) is 15.4 Å². The van der Waals surface area contributed by atoms with E-state index in [0.29, 0.717) is 18.9 Å². The number of methoxy groups -OCH3 is 1. The third-order valence-electron chi connectivity index (χ3n) is 4.04. The van der Waals surface area contributed by atoms with E-state index in [-0.39, 0.29) is 18.2 Å². The summed E-state index contributed by atoms with van der Waals surface area (Å²) in [6.07, 6.45) is 3.06. The maximum Gasteiger partial charge on any atom is 0.409 e. The number of hydrogen-bond donors (Lipinski definition) is 2. The number of anilines is 1. The van der Waals surface area contributed by atoms with Crippen molar-refractivity contribution in [1.29, 1.82) is 0 Å². The van der Waals surface area contributed by atoms with Gasteiger partial charge in [-0.05, 0) is 25.0 Å². The molecule has 1 fully saturated rings. The van der Waals surface area contributed by atoms with Crippen LogP contribution in [0, 0.1) is 0 Å². The van der Waals surface area contributed by atoms with Gasteiger partial charge in [0.05, 0.1) is 12.8 Å². The molecular formula is C17H21N5O3. The Balaban J connectivity index is 1.54. The molecule has 8 nitrogen and oxygen atoms in total. The Morgan fingerprint density at radius 3 is 2.80 bits per heavy atom. The summed E-state index contributed by atoms with van der Waals surface area (Å²) in [7, 11) is 1.36. The molecule has 1 atom stereocenters. The third kappa shape index (κ3) is 4.28. The molecule has 0 bridgehead atoms. The van der Waals surface area contributed by atoms with Crippen LogP contribution in [0.15, 0.2) is 42.6 Å². The molecule has 0 radical (unpaired) electrons. The van der Waals surface area contributed by atoms with Gasteiger partial charge >= 0.3 is 12.1 Å². The van der Waals surface area contributed by atoms with E-state index >= 15 is 0 Å². The molecule has 1 aliphatic heterocycles. The zero-order valence-corrected chi connectivity index (χ0v) is 14.0. The molecule has 0 unspecified atom stereocenters. The van der Waals surface area contributed by atoms with E-state index in [1.54, 1.807) is 21.8 Å². The molecule has 132 valence electrons. The summed E-state index contributed by atoms with van der Waals surface area (Å²) >= 11 is 0. The summed E-state index contributed by atoms with van der Waals surface area (Å²) < 4.78 is 6.42. The number of carbonyl (C=O) groups excluding carboxylic acids is 2. The standard InChI is InChI=1S/C17H21N5O3/c1-25-17(24)21-10-5-6-13(12-21)18-16(23)19-15-9-11-22(20-15)14-7-3-2-4-8-14/h2-4,7-9,11,13H,5-6,10,12H2,1H3,(H2,18,19,20,23)/t13-/m0/s1. The van der Waals surface area contributed by atoms with Gasteiger partial charge in [-0.3, -0.25) is 5.32 Å². The first-order chi connectivity index (χ1) is 12.2. The molecule has 2 aromatic rings. The lowest BCUT2D eigenvalue weighted by atomic mass is 10.1. The van der Waals surface area contributed by atoms with Crippen molar-refractivity contribution >= 4 is 17.9 Å². The minimum atomic E-state index is -0.367. The zero-order valence-electron chi connectivity index (χ0n) is 14.0. The van der Waals surface area contributed by atoms with Crippen molar-refractivity contribution in [3.05, 3.63) is 42.6 Å². The highest BCUT2D eigenvalue weighted by atomic mass is 16.5. The van der Waals surface area contributed by atoms with Crippen molar-refractivity contribution in [1.82, 2.24) is 20.0 Å². The maximum absolute atomic E-state index is 12.2. The van der Waals surface area contributed by atoms with Gasteiger partial charge in [0, 0.05) is 31.4 Å². The number of likely N-dealkylation sites (tertiary alicyclic amines) is 1. The maximum atomic E-state index is 12.2. The molecule has 0 aliphatic carbocycles. The number of nitrogens with zero attached hydrogens (tertiary/aromatic N) is 3. The van der Waals surface area contributed by atoms with Crippen LogP contribution in [0.1, 0.15) is 12.8 Å². The van der Waals surface area contributed by atoms with Crippen LogP contribution in [0.25, 0.3) is 5.69 Å². The summed E-state index contributed by atoms with van der Waals surface area (Å²) in [4.78, 5) is 25.4. The average molecular weight is 343 g/mol. The van der Waals surface area contributed by atoms with Gasteiger partial charge in [-0.2, -0.15) is 0 Å². The topological polar surface area (TPSA) is 88.5 Å². The largest absolute Gasteiger partial charge is 0.453 e. The summed E-state index contributed by atoms with van der Waals surface area (Å²) in [5, 5.41) is 9.93. The average Bonchev–Trinajstić information content (AvgIpc) is 3.10. The van der Waals surface area contributed by atoms with Gasteiger partial charge in [-0.25, -0.2) is 14.3 Å². The number of piperidine rings is 1. The predicted molar refractivity (Wildman–Crippen MR) is 92.7 cm³/mol. The quantitative estimate of drug-likeness (QED) is 0.894. The number of carbonyl (C=O) groups is 2. The zero-order chi connectivity index (χ0) is 17.6. The Bertz CT molecular complexity index is 731. The molecule has 3 amide bonds. The molecule has 1 aromatic heterocycles. The fraction of sp³-hybridized carbons (Fsp3) is 0.353. The molecule has 1 aromatic carbocycles. The second-order valence-electron chi connectivity index (χ2n) is 5.83. The SMILES string of the molecule is COC(=O)N1CCC[C@H](NC(=O)Nc2ccn(-c3ccccc3)n2)C1. The molecule has 25 heavy (non-hydrogen) atoms. The van der Waals surface area contributed by atoms with E-state index in [1.165, 1.54) is 7.11 Å². The van der Waals surface area contributed by atoms with Gasteiger partial charge in [-0.15, -0.1) is 5.10 Å². The highest BCUT2D eigenvalue weighted by molar-refractivity contribution is 5.88. The predicted octanol–water partition coefficient (Wildman–Crippen LogP) is 2.22. The highest BCUT2D eigenvalue weighted by Gasteiger charge is 2.25. The Labute approximate surface area is 145 Å². The van der Waals surface area contributed by atoms with E-state index < -0.39 is 0 Å². The van der Waals surface area contributed by atoms with Gasteiger partial charge in [0.15, 0.2) is 5.82 Å². The van der Waals surface area contributed by atoms with E-state index in [0.717, 1.165) is 18.5 Å². The van der Waals surface area contributed by atoms with E-state index in [1.807, 2.05) is 30.3 Å². The first-order valence-electron chi connectivity index (χ1n) is 8.17. The van der Waals surface area contributed by atoms with Gasteiger partial charge in [0.2, 0.25) is 0 Å². The van der Waals surface area contributed by atoms with Crippen LogP contribution in [-0.2, 0) is 4.74 Å². The molecular weight excluding hydrogens is 322 g/mol. The second-order valence-corrected chi connectivity index (χ2v) is 5.83. The van der Waals surface area contributed by atoms with Crippen molar-refractivity contribution in [3.63, 3.8) is 0 Å². The summed E-state index contributed by atoms with van der Waals surface area (Å²) in [6.45, 7) is 1.09. The summed E-state index contributed by atoms with van der Waals surface area (Å²) in [5.41, 5.74) is 0.914. The van der Waals surface area contributed by atoms with Gasteiger partial charge < -0.3 is 15.0 Å². The van der Waals surface area contributed by atoms with Crippen molar-refractivity contribution in [2.75, 3.05) is 25.5 Å². The normalized spacial score (nSPS) is 17.0. The van der Waals surface area contributed by atoms with Gasteiger partial charge in [0.25, 0.3) is 0 Å². The number of ether oxygens (including phenoxy) is 1. The van der Waals surface area contributed by atoms with E-state index in [9.17, 15) is 9.59 Å². The lowest BCUT2D eigenvalue weighted by molar-refractivity contribution is 0.108. The second kappa shape index (κ2) is 7.69. The van der Waals surface area contributed by atoms with Crippen LogP contribution >= 0.6 is 0 Å². The Kier molecular flexibility index (Phi) is 5.17. The number of para-hydroxylation sites is 1. The molecule has 2 heterocycles. The number of amides is 3. The Morgan fingerprint density at radius 1 is 1.24 bits per heavy atom. The number of nitrogens with one attached hydrogen (secondary N) is 2. The fourth-order valence-corrected chi connectivity index (χ4v) is 2.84. The van der Waals surface area contributed by atoms with Gasteiger partial charge in [-0.1, -0.05) is 18.2 Å². The molecule has 1 saturated heterocycles. The van der Waals surface area contributed by atoms with E-state index in [4.69, 9.17) is 4.74 Å². The molecule has 0 spiro atoms. The third-order valence-corrected chi connectivity index (χ3v) is 4.04. The van der Waals surface area contributed by atoms with Crippen molar-refractivity contribution in [2.24, 2.45) is 0 Å². The minimum absolute atomic E-state index is 0.107. The minimum Gasteiger partial charge on any atom is -0.453 e. The lowest BCUT2D eigenvalue weighted by Gasteiger charge is -2.31. The lowest BCUT2D eigenvalue weighted by Crippen LogP contribution is -2.50. The monoisotopic (exact) mass is 343 g/mol. The van der Waals surface area contributed by atoms with Gasteiger partial charge in [0.1, 0.15) is 0 Å². The summed E-state index contributed by atoms with van der Waals surface area (Å²) in [6, 6.07) is 10.9. The first kappa shape index (κ1) is 16.8. The van der Waals surface area contributed by atoms with Crippen LogP contribution in [0.5, 0.6) is 0 Å². The number of rotatable bonds is 3. The van der Waals surface area contributed by atoms with Crippen molar-refractivity contribution in [2.45, 2.75) is 18.9 Å². The Morgan fingerprint density at radius 2 is 2.04 bits per heavy atom. The van der Waals surface area contributed by atoms with Crippen LogP contribution < -0.4 is 10.6 Å². The molecule has 3 rings (SSSR count). The molecule has 0 saturated carbocycles. The fourth-order valence-electron chi connectivity index (χ4n) is 2.84. The number of aromatic nitrogens is 2. The van der Waals surface area contributed by atoms with E-state index in [2.05, 4.69) is 15.7 Å². The highest BCUT2D eigenvalue weighted by Crippen LogP contribution is 2.12. The van der Waals surface area contributed by atoms with Crippen molar-refractivity contribution in [3.8, 4) is 5.69 Å². The molecule has 8 heteroatoms. The molecule has 1 aliphatic rings. The van der Waals surface area contributed by atoms with Crippen molar-refractivity contribution < 1.29 is 14.3 Å². The first-order valence-corrected chi connectivity index (χ1v) is 8.17.